The van der Waals surface area contributed by atoms with Crippen molar-refractivity contribution in [1.29, 1.82) is 0 Å². The van der Waals surface area contributed by atoms with Crippen molar-refractivity contribution in [3.8, 4) is 5.75 Å². The molecule has 0 unspecified atom stereocenters. The van der Waals surface area contributed by atoms with Crippen LogP contribution in [0.25, 0.3) is 0 Å². The van der Waals surface area contributed by atoms with Crippen LogP contribution in [0.15, 0.2) is 23.1 Å². The van der Waals surface area contributed by atoms with Crippen LogP contribution in [0.4, 0.5) is 5.69 Å². The van der Waals surface area contributed by atoms with E-state index in [1.165, 1.54) is 6.07 Å². The Kier molecular flexibility index (Phi) is 6.09. The van der Waals surface area contributed by atoms with Crippen molar-refractivity contribution in [3.05, 3.63) is 28.3 Å². The van der Waals surface area contributed by atoms with Gasteiger partial charge in [0, 0.05) is 16.4 Å². The number of thioether (sulfide) groups is 1. The number of hydrogen-bond donors (Lipinski definition) is 0. The van der Waals surface area contributed by atoms with Gasteiger partial charge in [-0.1, -0.05) is 6.07 Å². The van der Waals surface area contributed by atoms with Crippen molar-refractivity contribution >= 4 is 37.2 Å². The van der Waals surface area contributed by atoms with Crippen molar-refractivity contribution in [2.45, 2.75) is 24.8 Å². The third-order valence-corrected chi connectivity index (χ3v) is 4.55. The molecule has 0 aromatic heterocycles. The van der Waals surface area contributed by atoms with Crippen LogP contribution in [0, 0.1) is 10.1 Å². The maximum absolute atomic E-state index is 11.2. The second kappa shape index (κ2) is 7.14. The van der Waals surface area contributed by atoms with Crippen LogP contribution in [-0.2, 0) is 9.05 Å². The third kappa shape index (κ3) is 5.56. The Bertz CT molecular complexity index is 588. The van der Waals surface area contributed by atoms with Gasteiger partial charge in [-0.15, -0.1) is 11.8 Å². The largest absolute Gasteiger partial charge is 0.484 e. The smallest absolute Gasteiger partial charge is 0.324 e. The molecule has 0 heterocycles. The molecule has 0 aliphatic rings. The summed E-state index contributed by atoms with van der Waals surface area (Å²) in [6.07, 6.45) is -0.197. The minimum Gasteiger partial charge on any atom is -0.484 e. The first-order valence-electron chi connectivity index (χ1n) is 5.70. The van der Waals surface area contributed by atoms with Gasteiger partial charge in [-0.05, 0) is 26.0 Å². The summed E-state index contributed by atoms with van der Waals surface area (Å²) in [6, 6.07) is 4.69. The minimum absolute atomic E-state index is 0.137. The molecule has 1 aromatic carbocycles. The van der Waals surface area contributed by atoms with E-state index in [4.69, 9.17) is 15.4 Å². The Balaban J connectivity index is 2.97. The lowest BCUT2D eigenvalue weighted by Crippen LogP contribution is -2.08. The summed E-state index contributed by atoms with van der Waals surface area (Å²) in [4.78, 5) is 11.0. The maximum Gasteiger partial charge on any atom is 0.324 e. The van der Waals surface area contributed by atoms with Crippen LogP contribution in [-0.4, -0.2) is 31.0 Å². The molecule has 0 radical (unpaired) electrons. The van der Waals surface area contributed by atoms with Crippen molar-refractivity contribution in [2.75, 3.05) is 11.5 Å². The predicted molar refractivity (Wildman–Crippen MR) is 79.2 cm³/mol. The highest BCUT2D eigenvalue weighted by Crippen LogP contribution is 2.37. The number of halogens is 1. The molecule has 0 atom stereocenters. The quantitative estimate of drug-likeness (QED) is 0.328. The summed E-state index contributed by atoms with van der Waals surface area (Å²) in [5.74, 6) is 0.0485. The Morgan fingerprint density at radius 1 is 1.45 bits per heavy atom. The molecular weight excluding hydrogens is 326 g/mol. The van der Waals surface area contributed by atoms with Crippen LogP contribution in [0.2, 0.25) is 0 Å². The summed E-state index contributed by atoms with van der Waals surface area (Å²) >= 11 is 1.06. The number of nitrogens with zero attached hydrogens (tertiary/aromatic N) is 1. The lowest BCUT2D eigenvalue weighted by Gasteiger charge is -2.11. The van der Waals surface area contributed by atoms with E-state index in [9.17, 15) is 18.5 Å². The van der Waals surface area contributed by atoms with E-state index in [2.05, 4.69) is 0 Å². The average Bonchev–Trinajstić information content (AvgIpc) is 2.25. The molecule has 0 fully saturated rings. The average molecular weight is 340 g/mol. The molecule has 0 saturated heterocycles. The van der Waals surface area contributed by atoms with Gasteiger partial charge < -0.3 is 4.74 Å². The number of nitro groups is 1. The fourth-order valence-corrected chi connectivity index (χ4v) is 3.80. The highest BCUT2D eigenvalue weighted by molar-refractivity contribution is 8.14. The maximum atomic E-state index is 11.2. The van der Waals surface area contributed by atoms with Gasteiger partial charge in [0.15, 0.2) is 5.75 Å². The monoisotopic (exact) mass is 339 g/mol. The molecule has 112 valence electrons. The second-order valence-corrected chi connectivity index (χ2v) is 8.15. The predicted octanol–water partition coefficient (Wildman–Crippen LogP) is 3.04. The Hall–Kier alpha value is -0.990. The van der Waals surface area contributed by atoms with E-state index in [0.29, 0.717) is 4.90 Å². The molecule has 0 aliphatic heterocycles. The van der Waals surface area contributed by atoms with Gasteiger partial charge in [0.25, 0.3) is 0 Å². The lowest BCUT2D eigenvalue weighted by atomic mass is 10.3. The van der Waals surface area contributed by atoms with E-state index < -0.39 is 14.0 Å². The highest BCUT2D eigenvalue weighted by atomic mass is 35.7. The number of nitro benzene ring substituents is 1. The third-order valence-electron chi connectivity index (χ3n) is 2.09. The zero-order valence-electron chi connectivity index (χ0n) is 10.9. The molecule has 1 aromatic rings. The molecule has 9 heteroatoms. The summed E-state index contributed by atoms with van der Waals surface area (Å²) in [7, 11) is 1.50. The molecule has 20 heavy (non-hydrogen) atoms. The van der Waals surface area contributed by atoms with E-state index in [-0.39, 0.29) is 29.0 Å². The van der Waals surface area contributed by atoms with Crippen molar-refractivity contribution in [3.63, 3.8) is 0 Å². The number of benzene rings is 1. The molecule has 6 nitrogen and oxygen atoms in total. The molecule has 0 aliphatic carbocycles. The summed E-state index contributed by atoms with van der Waals surface area (Å²) in [5, 5.41) is 11.2. The molecule has 0 saturated carbocycles. The zero-order valence-corrected chi connectivity index (χ0v) is 13.3. The van der Waals surface area contributed by atoms with Crippen LogP contribution in [0.5, 0.6) is 5.75 Å². The molecule has 0 N–H and O–H groups in total. The van der Waals surface area contributed by atoms with Gasteiger partial charge in [-0.25, -0.2) is 8.42 Å². The molecule has 0 amide bonds. The van der Waals surface area contributed by atoms with E-state index in [0.717, 1.165) is 11.8 Å². The number of ether oxygens (including phenoxy) is 1. The number of rotatable bonds is 7. The van der Waals surface area contributed by atoms with E-state index in [1.54, 1.807) is 26.0 Å². The van der Waals surface area contributed by atoms with E-state index >= 15 is 0 Å². The van der Waals surface area contributed by atoms with Gasteiger partial charge in [0.2, 0.25) is 9.05 Å². The van der Waals surface area contributed by atoms with Gasteiger partial charge in [0.1, 0.15) is 0 Å². The Labute approximate surface area is 126 Å². The Morgan fingerprint density at radius 3 is 2.60 bits per heavy atom. The minimum atomic E-state index is -3.61. The van der Waals surface area contributed by atoms with Crippen molar-refractivity contribution in [1.82, 2.24) is 0 Å². The van der Waals surface area contributed by atoms with Crippen LogP contribution in [0.1, 0.15) is 13.8 Å². The zero-order chi connectivity index (χ0) is 15.3. The number of para-hydroxylation sites is 1. The second-order valence-electron chi connectivity index (χ2n) is 4.12. The molecular formula is C11H14ClNO5S2. The fourth-order valence-electron chi connectivity index (χ4n) is 1.40. The number of hydrogen-bond acceptors (Lipinski definition) is 6. The Morgan fingerprint density at radius 2 is 2.10 bits per heavy atom. The normalized spacial score (nSPS) is 11.6. The van der Waals surface area contributed by atoms with Crippen LogP contribution >= 0.6 is 22.4 Å². The summed E-state index contributed by atoms with van der Waals surface area (Å²) < 4.78 is 27.1. The SMILES string of the molecule is CC(C)Oc1cccc(SCCS(=O)(=O)Cl)c1[N+](=O)[O-]. The van der Waals surface area contributed by atoms with Crippen LogP contribution < -0.4 is 4.74 Å². The van der Waals surface area contributed by atoms with Gasteiger partial charge in [-0.2, -0.15) is 0 Å². The first-order chi connectivity index (χ1) is 9.20. The first kappa shape index (κ1) is 17.1. The lowest BCUT2D eigenvalue weighted by molar-refractivity contribution is -0.388. The summed E-state index contributed by atoms with van der Waals surface area (Å²) in [5.41, 5.74) is -0.154. The van der Waals surface area contributed by atoms with Crippen molar-refractivity contribution in [2.24, 2.45) is 0 Å². The van der Waals surface area contributed by atoms with Crippen LogP contribution in [0.3, 0.4) is 0 Å². The molecule has 0 bridgehead atoms. The van der Waals surface area contributed by atoms with Crippen molar-refractivity contribution < 1.29 is 18.1 Å². The fraction of sp³-hybridized carbons (Fsp3) is 0.455. The van der Waals surface area contributed by atoms with Gasteiger partial charge in [0.05, 0.1) is 21.7 Å². The molecule has 0 spiro atoms. The standard InChI is InChI=1S/C11H14ClNO5S2/c1-8(2)18-9-4-3-5-10(11(9)13(14)15)19-6-7-20(12,16)17/h3-5,8H,6-7H2,1-2H3. The summed E-state index contributed by atoms with van der Waals surface area (Å²) in [6.45, 7) is 3.53. The highest BCUT2D eigenvalue weighted by Gasteiger charge is 2.22. The van der Waals surface area contributed by atoms with E-state index in [1.807, 2.05) is 0 Å². The molecule has 1 rings (SSSR count). The van der Waals surface area contributed by atoms with Gasteiger partial charge in [-0.3, -0.25) is 10.1 Å². The topological polar surface area (TPSA) is 86.5 Å². The first-order valence-corrected chi connectivity index (χ1v) is 9.16. The van der Waals surface area contributed by atoms with Gasteiger partial charge >= 0.3 is 5.69 Å².